The van der Waals surface area contributed by atoms with Crippen molar-refractivity contribution >= 4 is 110 Å². The van der Waals surface area contributed by atoms with Crippen molar-refractivity contribution in [2.75, 3.05) is 9.80 Å². The van der Waals surface area contributed by atoms with Gasteiger partial charge in [-0.15, -0.1) is 0 Å². The van der Waals surface area contributed by atoms with Gasteiger partial charge >= 0.3 is 0 Å². The van der Waals surface area contributed by atoms with Crippen LogP contribution >= 0.6 is 0 Å². The Bertz CT molecular complexity index is 8490. The summed E-state index contributed by atoms with van der Waals surface area (Å²) in [6.07, 6.45) is 0. The second-order valence-electron chi connectivity index (χ2n) is 35.1. The molecule has 2 spiro atoms. The molecule has 23 aromatic rings. The van der Waals surface area contributed by atoms with E-state index in [-0.39, 0.29) is 0 Å². The third-order valence-electron chi connectivity index (χ3n) is 28.8. The number of rotatable bonds is 11. The highest BCUT2D eigenvalue weighted by molar-refractivity contribution is 6.28. The van der Waals surface area contributed by atoms with Crippen molar-refractivity contribution in [3.63, 3.8) is 0 Å². The van der Waals surface area contributed by atoms with Gasteiger partial charge in [-0.25, -0.2) is 0 Å². The fourth-order valence-electron chi connectivity index (χ4n) is 23.3. The van der Waals surface area contributed by atoms with Crippen LogP contribution in [0.25, 0.3) is 176 Å². The van der Waals surface area contributed by atoms with E-state index in [4.69, 9.17) is 0 Å². The van der Waals surface area contributed by atoms with Gasteiger partial charge in [0, 0.05) is 33.9 Å². The molecule has 0 atom stereocenters. The highest BCUT2D eigenvalue weighted by Gasteiger charge is 2.54. The van der Waals surface area contributed by atoms with E-state index in [0.29, 0.717) is 0 Å². The summed E-state index contributed by atoms with van der Waals surface area (Å²) < 4.78 is 0. The maximum atomic E-state index is 2.60. The van der Waals surface area contributed by atoms with E-state index in [9.17, 15) is 0 Å². The van der Waals surface area contributed by atoms with Crippen LogP contribution in [0.4, 0.5) is 34.1 Å². The van der Waals surface area contributed by atoms with Crippen LogP contribution < -0.4 is 9.80 Å². The lowest BCUT2D eigenvalue weighted by atomic mass is 9.70. The van der Waals surface area contributed by atoms with E-state index < -0.39 is 10.8 Å². The summed E-state index contributed by atoms with van der Waals surface area (Å²) in [4.78, 5) is 5.16. The van der Waals surface area contributed by atoms with Gasteiger partial charge in [0.2, 0.25) is 0 Å². The predicted molar refractivity (Wildman–Crippen MR) is 538 cm³/mol. The minimum Gasteiger partial charge on any atom is -0.310 e. The molecule has 0 heterocycles. The van der Waals surface area contributed by atoms with Crippen LogP contribution in [-0.2, 0) is 10.8 Å². The van der Waals surface area contributed by atoms with Crippen molar-refractivity contribution in [2.45, 2.75) is 10.8 Å². The van der Waals surface area contributed by atoms with Crippen LogP contribution in [0.15, 0.2) is 473 Å². The molecule has 0 amide bonds. The SMILES string of the molecule is c1ccc(-c2cc(-c3ccc(-c4ccc5c6ccc(N(c7ccc8ccccc8c7)c7cc8c(cc7-c7ccccc7)-c7ccccc7C87c8ccccc8-c8ccccc87)cc6c6ccccc6c5c4)cc3)cc(N(c3ccc4c5ccccc5c5ccccc5c4c3)c3cc4c(cc3-c3ccccc3)-c3ccccc3C43c4ccccc4-c4ccccc43)c2)cc1. The highest BCUT2D eigenvalue weighted by Crippen LogP contribution is 2.67. The number of hydrogen-bond donors (Lipinski definition) is 0. The largest absolute Gasteiger partial charge is 0.310 e. The molecule has 0 fully saturated rings. The van der Waals surface area contributed by atoms with Gasteiger partial charge in [0.05, 0.1) is 22.2 Å². The Morgan fingerprint density at radius 1 is 0.125 bits per heavy atom. The zero-order valence-corrected chi connectivity index (χ0v) is 69.9. The number of anilines is 6. The van der Waals surface area contributed by atoms with Crippen molar-refractivity contribution in [3.05, 3.63) is 518 Å². The lowest BCUT2D eigenvalue weighted by Gasteiger charge is -2.34. The number of benzene rings is 23. The summed E-state index contributed by atoms with van der Waals surface area (Å²) in [5.41, 5.74) is 37.4. The molecule has 4 aliphatic rings. The van der Waals surface area contributed by atoms with Crippen LogP contribution in [0.3, 0.4) is 0 Å². The molecule has 0 saturated heterocycles. The Labute approximate surface area is 742 Å². The molecule has 0 aromatic heterocycles. The van der Waals surface area contributed by atoms with E-state index in [0.717, 1.165) is 89.8 Å². The molecule has 0 aliphatic heterocycles. The van der Waals surface area contributed by atoms with Gasteiger partial charge in [-0.2, -0.15) is 0 Å². The quantitative estimate of drug-likeness (QED) is 0.119. The van der Waals surface area contributed by atoms with E-state index in [1.807, 2.05) is 0 Å². The van der Waals surface area contributed by atoms with Crippen molar-refractivity contribution in [2.24, 2.45) is 0 Å². The molecule has 4 aliphatic carbocycles. The number of hydrogen-bond acceptors (Lipinski definition) is 2. The van der Waals surface area contributed by atoms with E-state index >= 15 is 0 Å². The molecule has 2 nitrogen and oxygen atoms in total. The van der Waals surface area contributed by atoms with Gasteiger partial charge in [-0.1, -0.05) is 388 Å². The molecular weight excluding hydrogens is 1540 g/mol. The summed E-state index contributed by atoms with van der Waals surface area (Å²) in [6, 6.07) is 180. The minimum atomic E-state index is -0.597. The maximum absolute atomic E-state index is 2.60. The van der Waals surface area contributed by atoms with Crippen molar-refractivity contribution in [3.8, 4) is 100 Å². The molecule has 2 heteroatoms. The Morgan fingerprint density at radius 2 is 0.406 bits per heavy atom. The van der Waals surface area contributed by atoms with Gasteiger partial charge in [-0.05, 0) is 294 Å². The van der Waals surface area contributed by atoms with E-state index in [1.54, 1.807) is 0 Å². The number of nitrogens with zero attached hydrogens (tertiary/aromatic N) is 2. The predicted octanol–water partition coefficient (Wildman–Crippen LogP) is 33.7. The van der Waals surface area contributed by atoms with Crippen LogP contribution in [0, 0.1) is 0 Å². The molecular formula is C126H78N2. The second-order valence-corrected chi connectivity index (χ2v) is 35.1. The maximum Gasteiger partial charge on any atom is 0.0726 e. The van der Waals surface area contributed by atoms with E-state index in [1.165, 1.54) is 164 Å². The molecule has 23 aromatic carbocycles. The zero-order valence-electron chi connectivity index (χ0n) is 69.9. The summed E-state index contributed by atoms with van der Waals surface area (Å²) in [5.74, 6) is 0. The summed E-state index contributed by atoms with van der Waals surface area (Å²) >= 11 is 0. The van der Waals surface area contributed by atoms with Crippen LogP contribution in [0.5, 0.6) is 0 Å². The van der Waals surface area contributed by atoms with Crippen LogP contribution in [0.1, 0.15) is 44.5 Å². The first-order chi connectivity index (χ1) is 63.5. The summed E-state index contributed by atoms with van der Waals surface area (Å²) in [7, 11) is 0. The fraction of sp³-hybridized carbons (Fsp3) is 0.0159. The zero-order chi connectivity index (χ0) is 83.9. The van der Waals surface area contributed by atoms with E-state index in [2.05, 4.69) is 483 Å². The first-order valence-corrected chi connectivity index (χ1v) is 44.7. The average Bonchev–Trinajstić information content (AvgIpc) is 1.51. The lowest BCUT2D eigenvalue weighted by molar-refractivity contribution is 0.794. The van der Waals surface area contributed by atoms with Crippen molar-refractivity contribution in [1.29, 1.82) is 0 Å². The van der Waals surface area contributed by atoms with Gasteiger partial charge in [0.25, 0.3) is 0 Å². The second kappa shape index (κ2) is 28.0. The summed E-state index contributed by atoms with van der Waals surface area (Å²) in [6.45, 7) is 0. The Morgan fingerprint density at radius 3 is 0.820 bits per heavy atom. The van der Waals surface area contributed by atoms with Crippen molar-refractivity contribution < 1.29 is 0 Å². The topological polar surface area (TPSA) is 6.48 Å². The van der Waals surface area contributed by atoms with Gasteiger partial charge in [0.1, 0.15) is 0 Å². The smallest absolute Gasteiger partial charge is 0.0726 e. The first-order valence-electron chi connectivity index (χ1n) is 44.7. The average molecular weight is 1620 g/mol. The molecule has 0 bridgehead atoms. The van der Waals surface area contributed by atoms with Gasteiger partial charge < -0.3 is 9.80 Å². The summed E-state index contributed by atoms with van der Waals surface area (Å²) in [5, 5.41) is 17.0. The molecule has 0 unspecified atom stereocenters. The molecule has 592 valence electrons. The molecule has 27 rings (SSSR count). The van der Waals surface area contributed by atoms with Gasteiger partial charge in [-0.3, -0.25) is 0 Å². The molecule has 0 saturated carbocycles. The normalized spacial score (nSPS) is 13.1. The molecule has 0 N–H and O–H groups in total. The Kier molecular flexibility index (Phi) is 15.7. The van der Waals surface area contributed by atoms with Crippen LogP contribution in [-0.4, -0.2) is 0 Å². The first kappa shape index (κ1) is 72.0. The standard InChI is InChI=1S/C126H78N2/c1-4-30-79(31-5-1)87-68-88(71-92(70-87)128(91-64-66-100-95-40-13-12-38-93(95)94-39-14-15-41-96(94)111(100)74-91)124-78-122-114(76-109(124)84-35-8-3-9-36-84)107-49-23-29-55-120(107)126(122)117-52-26-20-46-104(117)105-47-21-27-53-118(105)126)82-58-56-81(57-59-82)86-61-65-99-101-67-63-90(73-112(101)98-43-17-16-42-97(98)110(99)72-86)127(89-62-60-80-32-10-11-37-85(80)69-89)123-77-121-113(75-108(123)83-33-6-2-7-34-83)106-48-22-28-54-119(106)125(121)115-50-24-18-44-102(115)103-45-19-25-51-116(103)125/h1-78H. The van der Waals surface area contributed by atoms with Crippen molar-refractivity contribution in [1.82, 2.24) is 0 Å². The fourth-order valence-corrected chi connectivity index (χ4v) is 23.3. The minimum absolute atomic E-state index is 0.553. The monoisotopic (exact) mass is 1620 g/mol. The Balaban J connectivity index is 0.628. The van der Waals surface area contributed by atoms with Gasteiger partial charge in [0.15, 0.2) is 0 Å². The Hall–Kier alpha value is -16.5. The molecule has 128 heavy (non-hydrogen) atoms. The number of fused-ring (bicyclic) bond motifs is 33. The third-order valence-corrected chi connectivity index (χ3v) is 28.8. The molecule has 0 radical (unpaired) electrons. The third kappa shape index (κ3) is 10.4. The van der Waals surface area contributed by atoms with Crippen LogP contribution in [0.2, 0.25) is 0 Å². The highest BCUT2D eigenvalue weighted by atomic mass is 15.2. The lowest BCUT2D eigenvalue weighted by Crippen LogP contribution is -2.26.